The van der Waals surface area contributed by atoms with E-state index in [1.165, 1.54) is 17.0 Å². The Bertz CT molecular complexity index is 838. The van der Waals surface area contributed by atoms with Gasteiger partial charge in [0.05, 0.1) is 22.8 Å². The molecular weight excluding hydrogens is 347 g/mol. The lowest BCUT2D eigenvalue weighted by atomic mass is 10.1. The van der Waals surface area contributed by atoms with Gasteiger partial charge in [-0.05, 0) is 43.3 Å². The summed E-state index contributed by atoms with van der Waals surface area (Å²) in [6, 6.07) is 10.6. The Morgan fingerprint density at radius 1 is 1.16 bits per heavy atom. The first-order chi connectivity index (χ1) is 11.9. The summed E-state index contributed by atoms with van der Waals surface area (Å²) < 4.78 is 40.3. The van der Waals surface area contributed by atoms with Crippen LogP contribution in [0.15, 0.2) is 53.4 Å². The lowest BCUT2D eigenvalue weighted by Gasteiger charge is -2.21. The normalized spacial score (nSPS) is 11.2. The second kappa shape index (κ2) is 8.09. The number of hydrogen-bond donors (Lipinski definition) is 2. The summed E-state index contributed by atoms with van der Waals surface area (Å²) in [6.45, 7) is 2.09. The molecule has 25 heavy (non-hydrogen) atoms. The molecule has 8 heteroatoms. The largest absolute Gasteiger partial charge is 0.395 e. The summed E-state index contributed by atoms with van der Waals surface area (Å²) in [5.74, 6) is -0.939. The molecule has 0 saturated heterocycles. The number of carbonyl (C=O) groups excluding carboxylic acids is 1. The summed E-state index contributed by atoms with van der Waals surface area (Å²) in [5.41, 5.74) is 0.289. The van der Waals surface area contributed by atoms with Crippen molar-refractivity contribution in [3.05, 3.63) is 59.9 Å². The number of hydrogen-bond acceptors (Lipinski definition) is 4. The van der Waals surface area contributed by atoms with Gasteiger partial charge in [0.2, 0.25) is 0 Å². The summed E-state index contributed by atoms with van der Waals surface area (Å²) in [6.07, 6.45) is 0. The van der Waals surface area contributed by atoms with Crippen LogP contribution in [0.2, 0.25) is 0 Å². The molecular formula is C17H19FN2O4S. The van der Waals surface area contributed by atoms with Gasteiger partial charge in [-0.15, -0.1) is 0 Å². The number of anilines is 1. The number of sulfonamides is 1. The Labute approximate surface area is 146 Å². The van der Waals surface area contributed by atoms with E-state index in [0.29, 0.717) is 6.54 Å². The minimum absolute atomic E-state index is 0.112. The maximum Gasteiger partial charge on any atom is 0.261 e. The molecule has 0 saturated carbocycles. The van der Waals surface area contributed by atoms with Crippen LogP contribution in [0.3, 0.4) is 0 Å². The number of benzene rings is 2. The highest BCUT2D eigenvalue weighted by molar-refractivity contribution is 7.92. The number of carbonyl (C=O) groups is 1. The van der Waals surface area contributed by atoms with E-state index < -0.39 is 21.7 Å². The molecule has 0 aliphatic carbocycles. The molecule has 0 atom stereocenters. The van der Waals surface area contributed by atoms with Gasteiger partial charge in [0.15, 0.2) is 0 Å². The summed E-state index contributed by atoms with van der Waals surface area (Å²) in [5, 5.41) is 9.05. The van der Waals surface area contributed by atoms with Crippen LogP contribution in [0.4, 0.5) is 10.1 Å². The standard InChI is InChI=1S/C17H19FN2O4S/c1-2-20(11-12-21)17(22)15-5-3-4-6-16(15)19-25(23,24)14-9-7-13(18)8-10-14/h3-10,19,21H,2,11-12H2,1H3. The van der Waals surface area contributed by atoms with Gasteiger partial charge in [-0.3, -0.25) is 9.52 Å². The van der Waals surface area contributed by atoms with Crippen LogP contribution in [-0.2, 0) is 10.0 Å². The monoisotopic (exact) mass is 366 g/mol. The first-order valence-corrected chi connectivity index (χ1v) is 9.15. The molecule has 0 unspecified atom stereocenters. The molecule has 0 radical (unpaired) electrons. The molecule has 0 aromatic heterocycles. The lowest BCUT2D eigenvalue weighted by Crippen LogP contribution is -2.34. The second-order valence-corrected chi connectivity index (χ2v) is 6.90. The van der Waals surface area contributed by atoms with Crippen molar-refractivity contribution in [3.8, 4) is 0 Å². The Morgan fingerprint density at radius 3 is 2.40 bits per heavy atom. The smallest absolute Gasteiger partial charge is 0.261 e. The van der Waals surface area contributed by atoms with Crippen molar-refractivity contribution in [2.75, 3.05) is 24.4 Å². The maximum absolute atomic E-state index is 13.0. The van der Waals surface area contributed by atoms with Crippen molar-refractivity contribution < 1.29 is 22.7 Å². The molecule has 6 nitrogen and oxygen atoms in total. The third-order valence-electron chi connectivity index (χ3n) is 3.56. The molecule has 1 amide bonds. The predicted molar refractivity (Wildman–Crippen MR) is 92.3 cm³/mol. The maximum atomic E-state index is 13.0. The van der Waals surface area contributed by atoms with Crippen LogP contribution in [0, 0.1) is 5.82 Å². The number of likely N-dealkylation sites (N-methyl/N-ethyl adjacent to an activating group) is 1. The Morgan fingerprint density at radius 2 is 1.80 bits per heavy atom. The number of halogens is 1. The fourth-order valence-corrected chi connectivity index (χ4v) is 3.35. The highest BCUT2D eigenvalue weighted by Gasteiger charge is 2.21. The number of rotatable bonds is 7. The van der Waals surface area contributed by atoms with Gasteiger partial charge in [0.1, 0.15) is 5.82 Å². The third-order valence-corrected chi connectivity index (χ3v) is 4.95. The molecule has 2 aromatic carbocycles. The number of amides is 1. The SMILES string of the molecule is CCN(CCO)C(=O)c1ccccc1NS(=O)(=O)c1ccc(F)cc1. The molecule has 134 valence electrons. The molecule has 0 aliphatic rings. The molecule has 2 aromatic rings. The Hall–Kier alpha value is -2.45. The van der Waals surface area contributed by atoms with Crippen molar-refractivity contribution in [2.45, 2.75) is 11.8 Å². The average Bonchev–Trinajstić information content (AvgIpc) is 2.59. The first kappa shape index (κ1) is 18.9. The minimum atomic E-state index is -3.97. The number of nitrogens with one attached hydrogen (secondary N) is 1. The van der Waals surface area contributed by atoms with Crippen LogP contribution < -0.4 is 4.72 Å². The van der Waals surface area contributed by atoms with E-state index in [4.69, 9.17) is 5.11 Å². The first-order valence-electron chi connectivity index (χ1n) is 7.66. The molecule has 0 fully saturated rings. The highest BCUT2D eigenvalue weighted by atomic mass is 32.2. The van der Waals surface area contributed by atoms with Crippen molar-refractivity contribution in [1.29, 1.82) is 0 Å². The van der Waals surface area contributed by atoms with Crippen LogP contribution in [0.5, 0.6) is 0 Å². The van der Waals surface area contributed by atoms with Gasteiger partial charge in [0, 0.05) is 13.1 Å². The van der Waals surface area contributed by atoms with Crippen LogP contribution in [0.1, 0.15) is 17.3 Å². The fourth-order valence-electron chi connectivity index (χ4n) is 2.27. The summed E-state index contributed by atoms with van der Waals surface area (Å²) >= 11 is 0. The van der Waals surface area contributed by atoms with Gasteiger partial charge in [-0.25, -0.2) is 12.8 Å². The highest BCUT2D eigenvalue weighted by Crippen LogP contribution is 2.21. The zero-order chi connectivity index (χ0) is 18.4. The number of aliphatic hydroxyl groups excluding tert-OH is 1. The molecule has 0 bridgehead atoms. The minimum Gasteiger partial charge on any atom is -0.395 e. The number of nitrogens with zero attached hydrogens (tertiary/aromatic N) is 1. The molecule has 2 N–H and O–H groups in total. The fraction of sp³-hybridized carbons (Fsp3) is 0.235. The van der Waals surface area contributed by atoms with Crippen molar-refractivity contribution >= 4 is 21.6 Å². The third kappa shape index (κ3) is 4.55. The van der Waals surface area contributed by atoms with Crippen LogP contribution in [-0.4, -0.2) is 44.0 Å². The van der Waals surface area contributed by atoms with E-state index in [2.05, 4.69) is 4.72 Å². The topological polar surface area (TPSA) is 86.7 Å². The van der Waals surface area contributed by atoms with Crippen molar-refractivity contribution in [1.82, 2.24) is 4.90 Å². The zero-order valence-corrected chi connectivity index (χ0v) is 14.5. The van der Waals surface area contributed by atoms with Crippen LogP contribution >= 0.6 is 0 Å². The van der Waals surface area contributed by atoms with E-state index in [0.717, 1.165) is 24.3 Å². The Balaban J connectivity index is 2.34. The number of aliphatic hydroxyl groups is 1. The number of para-hydroxylation sites is 1. The molecule has 0 aliphatic heterocycles. The second-order valence-electron chi connectivity index (χ2n) is 5.21. The van der Waals surface area contributed by atoms with Crippen molar-refractivity contribution in [3.63, 3.8) is 0 Å². The van der Waals surface area contributed by atoms with E-state index >= 15 is 0 Å². The lowest BCUT2D eigenvalue weighted by molar-refractivity contribution is 0.0733. The Kier molecular flexibility index (Phi) is 6.11. The quantitative estimate of drug-likeness (QED) is 0.785. The van der Waals surface area contributed by atoms with E-state index in [-0.39, 0.29) is 29.3 Å². The van der Waals surface area contributed by atoms with E-state index in [1.807, 2.05) is 0 Å². The zero-order valence-electron chi connectivity index (χ0n) is 13.6. The summed E-state index contributed by atoms with van der Waals surface area (Å²) in [4.78, 5) is 13.9. The van der Waals surface area contributed by atoms with Gasteiger partial charge in [0.25, 0.3) is 15.9 Å². The van der Waals surface area contributed by atoms with Gasteiger partial charge in [-0.2, -0.15) is 0 Å². The molecule has 0 heterocycles. The van der Waals surface area contributed by atoms with Gasteiger partial charge in [-0.1, -0.05) is 12.1 Å². The van der Waals surface area contributed by atoms with Gasteiger partial charge >= 0.3 is 0 Å². The van der Waals surface area contributed by atoms with E-state index in [9.17, 15) is 17.6 Å². The average molecular weight is 366 g/mol. The molecule has 0 spiro atoms. The molecule has 2 rings (SSSR count). The van der Waals surface area contributed by atoms with Gasteiger partial charge < -0.3 is 10.0 Å². The van der Waals surface area contributed by atoms with Crippen LogP contribution in [0.25, 0.3) is 0 Å². The van der Waals surface area contributed by atoms with Crippen molar-refractivity contribution in [2.24, 2.45) is 0 Å². The van der Waals surface area contributed by atoms with E-state index in [1.54, 1.807) is 19.1 Å². The predicted octanol–water partition coefficient (Wildman–Crippen LogP) is 2.08. The summed E-state index contributed by atoms with van der Waals surface area (Å²) in [7, 11) is -3.97.